The van der Waals surface area contributed by atoms with Crippen LogP contribution in [0.1, 0.15) is 0 Å². The molecule has 6 nitrogen and oxygen atoms in total. The molecule has 7 heteroatoms. The number of hydrogen-bond acceptors (Lipinski definition) is 6. The summed E-state index contributed by atoms with van der Waals surface area (Å²) in [5.41, 5.74) is 3.56. The smallest absolute Gasteiger partial charge is 0.262 e. The highest BCUT2D eigenvalue weighted by Gasteiger charge is 2.14. The first-order valence-corrected chi connectivity index (χ1v) is 5.79. The van der Waals surface area contributed by atoms with Crippen molar-refractivity contribution in [2.75, 3.05) is 5.43 Å². The molecule has 0 aliphatic rings. The molecule has 0 saturated carbocycles. The molecule has 20 heavy (non-hydrogen) atoms. The summed E-state index contributed by atoms with van der Waals surface area (Å²) >= 11 is 0. The maximum absolute atomic E-state index is 13.2. The lowest BCUT2D eigenvalue weighted by atomic mass is 10.2. The molecule has 2 heterocycles. The molecule has 0 bridgehead atoms. The molecule has 1 aromatic carbocycles. The highest BCUT2D eigenvalue weighted by molar-refractivity contribution is 5.69. The van der Waals surface area contributed by atoms with Gasteiger partial charge in [-0.15, -0.1) is 0 Å². The number of nitrogens with two attached hydrogens (primary N) is 1. The quantitative estimate of drug-likeness (QED) is 0.560. The Morgan fingerprint density at radius 2 is 2.10 bits per heavy atom. The molecule has 3 N–H and O–H groups in total. The van der Waals surface area contributed by atoms with Crippen LogP contribution in [-0.2, 0) is 0 Å². The van der Waals surface area contributed by atoms with E-state index in [2.05, 4.69) is 20.6 Å². The summed E-state index contributed by atoms with van der Waals surface area (Å²) in [6.07, 6.45) is 1.59. The van der Waals surface area contributed by atoms with E-state index in [4.69, 9.17) is 10.4 Å². The van der Waals surface area contributed by atoms with Crippen LogP contribution in [0.5, 0.6) is 0 Å². The first-order valence-electron chi connectivity index (χ1n) is 5.79. The Morgan fingerprint density at radius 1 is 1.20 bits per heavy atom. The lowest BCUT2D eigenvalue weighted by Gasteiger charge is -2.01. The van der Waals surface area contributed by atoms with Crippen molar-refractivity contribution in [3.63, 3.8) is 0 Å². The van der Waals surface area contributed by atoms with Gasteiger partial charge in [-0.2, -0.15) is 4.98 Å². The number of nitrogen functional groups attached to an aromatic ring is 1. The minimum atomic E-state index is -0.362. The van der Waals surface area contributed by atoms with E-state index < -0.39 is 0 Å². The first kappa shape index (κ1) is 12.2. The van der Waals surface area contributed by atoms with E-state index in [1.807, 2.05) is 0 Å². The molecule has 0 aliphatic heterocycles. The van der Waals surface area contributed by atoms with E-state index in [0.717, 1.165) is 0 Å². The van der Waals surface area contributed by atoms with Gasteiger partial charge in [0.2, 0.25) is 5.82 Å². The third-order valence-corrected chi connectivity index (χ3v) is 2.68. The summed E-state index contributed by atoms with van der Waals surface area (Å²) in [5.74, 6) is 5.98. The van der Waals surface area contributed by atoms with Crippen molar-refractivity contribution in [1.29, 1.82) is 0 Å². The SMILES string of the molecule is NNc1ncccc1-c1nc(-c2cccc(F)c2)no1. The van der Waals surface area contributed by atoms with Gasteiger partial charge < -0.3 is 9.95 Å². The fraction of sp³-hybridized carbons (Fsp3) is 0. The second-order valence-corrected chi connectivity index (χ2v) is 3.98. The van der Waals surface area contributed by atoms with Gasteiger partial charge in [-0.05, 0) is 24.3 Å². The van der Waals surface area contributed by atoms with Crippen LogP contribution in [0.4, 0.5) is 10.2 Å². The van der Waals surface area contributed by atoms with Crippen LogP contribution in [0, 0.1) is 5.82 Å². The molecule has 0 atom stereocenters. The number of anilines is 1. The molecule has 0 unspecified atom stereocenters. The van der Waals surface area contributed by atoms with Gasteiger partial charge in [-0.3, -0.25) is 0 Å². The molecule has 100 valence electrons. The van der Waals surface area contributed by atoms with Crippen LogP contribution in [0.3, 0.4) is 0 Å². The van der Waals surface area contributed by atoms with Crippen LogP contribution in [0.2, 0.25) is 0 Å². The fourth-order valence-electron chi connectivity index (χ4n) is 1.77. The second-order valence-electron chi connectivity index (χ2n) is 3.98. The van der Waals surface area contributed by atoms with E-state index in [-0.39, 0.29) is 11.7 Å². The summed E-state index contributed by atoms with van der Waals surface area (Å²) < 4.78 is 18.3. The zero-order valence-corrected chi connectivity index (χ0v) is 10.2. The van der Waals surface area contributed by atoms with Crippen LogP contribution >= 0.6 is 0 Å². The highest BCUT2D eigenvalue weighted by Crippen LogP contribution is 2.26. The van der Waals surface area contributed by atoms with Crippen molar-refractivity contribution >= 4 is 5.82 Å². The zero-order chi connectivity index (χ0) is 13.9. The standard InChI is InChI=1S/C13H10FN5O/c14-9-4-1-3-8(7-9)11-17-13(20-19-11)10-5-2-6-16-12(10)18-15/h1-7H,15H2,(H,16,18). The number of hydrogen-bond donors (Lipinski definition) is 2. The van der Waals surface area contributed by atoms with Gasteiger partial charge in [0.25, 0.3) is 5.89 Å². The highest BCUT2D eigenvalue weighted by atomic mass is 19.1. The Labute approximate surface area is 113 Å². The van der Waals surface area contributed by atoms with E-state index >= 15 is 0 Å². The predicted octanol–water partition coefficient (Wildman–Crippen LogP) is 2.22. The normalized spacial score (nSPS) is 10.5. The lowest BCUT2D eigenvalue weighted by Crippen LogP contribution is -2.09. The van der Waals surface area contributed by atoms with E-state index in [0.29, 0.717) is 22.8 Å². The minimum Gasteiger partial charge on any atom is -0.333 e. The fourth-order valence-corrected chi connectivity index (χ4v) is 1.77. The van der Waals surface area contributed by atoms with Crippen molar-refractivity contribution in [2.24, 2.45) is 5.84 Å². The molecule has 2 aromatic heterocycles. The van der Waals surface area contributed by atoms with Gasteiger partial charge in [-0.1, -0.05) is 17.3 Å². The summed E-state index contributed by atoms with van der Waals surface area (Å²) in [7, 11) is 0. The molecule has 0 radical (unpaired) electrons. The summed E-state index contributed by atoms with van der Waals surface area (Å²) in [6, 6.07) is 9.43. The average molecular weight is 271 g/mol. The van der Waals surface area contributed by atoms with Crippen molar-refractivity contribution in [3.8, 4) is 22.8 Å². The Hall–Kier alpha value is -2.80. The second kappa shape index (κ2) is 5.06. The van der Waals surface area contributed by atoms with E-state index in [1.54, 1.807) is 30.5 Å². The van der Waals surface area contributed by atoms with Crippen molar-refractivity contribution in [3.05, 3.63) is 48.4 Å². The van der Waals surface area contributed by atoms with Gasteiger partial charge in [0.05, 0.1) is 5.56 Å². The van der Waals surface area contributed by atoms with Crippen LogP contribution in [-0.4, -0.2) is 15.1 Å². The van der Waals surface area contributed by atoms with Crippen LogP contribution in [0.25, 0.3) is 22.8 Å². The summed E-state index contributed by atoms with van der Waals surface area (Å²) in [6.45, 7) is 0. The Kier molecular flexibility index (Phi) is 3.10. The molecule has 0 amide bonds. The number of nitrogens with zero attached hydrogens (tertiary/aromatic N) is 3. The maximum Gasteiger partial charge on any atom is 0.262 e. The van der Waals surface area contributed by atoms with Crippen LogP contribution < -0.4 is 11.3 Å². The zero-order valence-electron chi connectivity index (χ0n) is 10.2. The van der Waals surface area contributed by atoms with Crippen molar-refractivity contribution in [1.82, 2.24) is 15.1 Å². The molecule has 3 aromatic rings. The third-order valence-electron chi connectivity index (χ3n) is 2.68. The molecule has 0 saturated heterocycles. The van der Waals surface area contributed by atoms with E-state index in [9.17, 15) is 4.39 Å². The van der Waals surface area contributed by atoms with Gasteiger partial charge in [0.15, 0.2) is 5.82 Å². The minimum absolute atomic E-state index is 0.255. The topological polar surface area (TPSA) is 89.9 Å². The maximum atomic E-state index is 13.2. The molecule has 3 rings (SSSR count). The van der Waals surface area contributed by atoms with E-state index in [1.165, 1.54) is 12.1 Å². The number of aromatic nitrogens is 3. The molecule has 0 spiro atoms. The van der Waals surface area contributed by atoms with Gasteiger partial charge in [0, 0.05) is 11.8 Å². The summed E-state index contributed by atoms with van der Waals surface area (Å²) in [4.78, 5) is 8.27. The van der Waals surface area contributed by atoms with Crippen molar-refractivity contribution < 1.29 is 8.91 Å². The van der Waals surface area contributed by atoms with Gasteiger partial charge in [0.1, 0.15) is 5.82 Å². The number of halogens is 1. The number of benzene rings is 1. The number of pyridine rings is 1. The largest absolute Gasteiger partial charge is 0.333 e. The number of rotatable bonds is 3. The predicted molar refractivity (Wildman–Crippen MR) is 70.7 cm³/mol. The van der Waals surface area contributed by atoms with Crippen LogP contribution in [0.15, 0.2) is 47.1 Å². The Morgan fingerprint density at radius 3 is 2.90 bits per heavy atom. The van der Waals surface area contributed by atoms with Gasteiger partial charge in [-0.25, -0.2) is 15.2 Å². The third kappa shape index (κ3) is 2.21. The molecule has 0 fully saturated rings. The average Bonchev–Trinajstić information content (AvgIpc) is 2.97. The lowest BCUT2D eigenvalue weighted by molar-refractivity contribution is 0.432. The Bertz CT molecular complexity index is 743. The van der Waals surface area contributed by atoms with Gasteiger partial charge >= 0.3 is 0 Å². The molecular weight excluding hydrogens is 261 g/mol. The summed E-state index contributed by atoms with van der Waals surface area (Å²) in [5, 5.41) is 3.83. The molecule has 0 aliphatic carbocycles. The Balaban J connectivity index is 2.02. The number of nitrogens with one attached hydrogen (secondary N) is 1. The van der Waals surface area contributed by atoms with Crippen molar-refractivity contribution in [2.45, 2.75) is 0 Å². The number of hydrazine groups is 1. The molecular formula is C13H10FN5O. The monoisotopic (exact) mass is 271 g/mol. The first-order chi connectivity index (χ1) is 9.78.